The summed E-state index contributed by atoms with van der Waals surface area (Å²) in [5.74, 6) is -0.527. The molecule has 0 spiro atoms. The smallest absolute Gasteiger partial charge is 0.341 e. The van der Waals surface area contributed by atoms with Crippen LogP contribution in [-0.4, -0.2) is 29.4 Å². The van der Waals surface area contributed by atoms with Crippen molar-refractivity contribution < 1.29 is 19.7 Å². The molecule has 0 fully saturated rings. The molecule has 4 nitrogen and oxygen atoms in total. The Morgan fingerprint density at radius 3 is 2.80 bits per heavy atom. The maximum Gasteiger partial charge on any atom is 0.341 e. The van der Waals surface area contributed by atoms with Crippen LogP contribution in [0.15, 0.2) is 30.3 Å². The van der Waals surface area contributed by atoms with E-state index in [0.29, 0.717) is 5.75 Å². The minimum absolute atomic E-state index is 0.0622. The fourth-order valence-corrected chi connectivity index (χ4v) is 1.07. The number of aliphatic carboxylic acids is 1. The molecule has 1 aromatic carbocycles. The van der Waals surface area contributed by atoms with Gasteiger partial charge in [0.25, 0.3) is 0 Å². The van der Waals surface area contributed by atoms with Gasteiger partial charge in [-0.15, -0.1) is 0 Å². The number of ether oxygens (including phenoxy) is 1. The summed E-state index contributed by atoms with van der Waals surface area (Å²) < 4.78 is 5.06. The van der Waals surface area contributed by atoms with Gasteiger partial charge < -0.3 is 14.9 Å². The van der Waals surface area contributed by atoms with Crippen LogP contribution >= 0.6 is 0 Å². The predicted molar refractivity (Wildman–Crippen MR) is 55.7 cm³/mol. The molecule has 0 aliphatic heterocycles. The third-order valence-corrected chi connectivity index (χ3v) is 1.67. The minimum atomic E-state index is -1.02. The van der Waals surface area contributed by atoms with Gasteiger partial charge in [-0.25, -0.2) is 4.79 Å². The van der Waals surface area contributed by atoms with Gasteiger partial charge in [-0.3, -0.25) is 0 Å². The zero-order chi connectivity index (χ0) is 11.1. The van der Waals surface area contributed by atoms with Crippen molar-refractivity contribution in [3.05, 3.63) is 35.9 Å². The van der Waals surface area contributed by atoms with Crippen molar-refractivity contribution in [2.45, 2.75) is 0 Å². The van der Waals surface area contributed by atoms with E-state index in [1.54, 1.807) is 30.4 Å². The predicted octanol–water partition coefficient (Wildman–Crippen LogP) is 1.16. The highest BCUT2D eigenvalue weighted by atomic mass is 16.5. The SMILES string of the molecule is O=C(O)COc1ccccc1C=CCO. The standard InChI is InChI=1S/C11H12O4/c12-7-3-5-9-4-1-2-6-10(9)15-8-11(13)14/h1-6,12H,7-8H2,(H,13,14). The molecule has 1 rings (SSSR count). The minimum Gasteiger partial charge on any atom is -0.481 e. The monoisotopic (exact) mass is 208 g/mol. The lowest BCUT2D eigenvalue weighted by Crippen LogP contribution is -2.09. The van der Waals surface area contributed by atoms with Crippen molar-refractivity contribution >= 4 is 12.0 Å². The molecule has 0 bridgehead atoms. The number of carboxylic acids is 1. The Bertz CT molecular complexity index is 357. The molecule has 0 radical (unpaired) electrons. The molecule has 0 saturated carbocycles. The topological polar surface area (TPSA) is 66.8 Å². The molecule has 80 valence electrons. The molecule has 4 heteroatoms. The van der Waals surface area contributed by atoms with E-state index in [4.69, 9.17) is 14.9 Å². The Morgan fingerprint density at radius 2 is 2.13 bits per heavy atom. The maximum atomic E-state index is 10.3. The summed E-state index contributed by atoms with van der Waals surface area (Å²) in [6, 6.07) is 7.03. The molecule has 0 unspecified atom stereocenters. The molecule has 0 aliphatic carbocycles. The first-order chi connectivity index (χ1) is 7.24. The summed E-state index contributed by atoms with van der Waals surface area (Å²) in [4.78, 5) is 10.3. The fraction of sp³-hybridized carbons (Fsp3) is 0.182. The van der Waals surface area contributed by atoms with E-state index in [1.165, 1.54) is 0 Å². The van der Waals surface area contributed by atoms with Crippen LogP contribution in [0.5, 0.6) is 5.75 Å². The van der Waals surface area contributed by atoms with Crippen LogP contribution in [0.2, 0.25) is 0 Å². The summed E-state index contributed by atoms with van der Waals surface area (Å²) in [6.45, 7) is -0.433. The molecule has 1 aromatic rings. The lowest BCUT2D eigenvalue weighted by molar-refractivity contribution is -0.139. The van der Waals surface area contributed by atoms with Gasteiger partial charge in [0.1, 0.15) is 5.75 Å². The van der Waals surface area contributed by atoms with Crippen LogP contribution in [0, 0.1) is 0 Å². The van der Waals surface area contributed by atoms with Gasteiger partial charge in [-0.1, -0.05) is 30.4 Å². The number of rotatable bonds is 5. The highest BCUT2D eigenvalue weighted by molar-refractivity contribution is 5.69. The van der Waals surface area contributed by atoms with E-state index >= 15 is 0 Å². The van der Waals surface area contributed by atoms with Gasteiger partial charge in [-0.05, 0) is 6.07 Å². The van der Waals surface area contributed by atoms with Crippen LogP contribution in [0.4, 0.5) is 0 Å². The average molecular weight is 208 g/mol. The first-order valence-corrected chi connectivity index (χ1v) is 4.45. The van der Waals surface area contributed by atoms with Crippen LogP contribution in [-0.2, 0) is 4.79 Å². The van der Waals surface area contributed by atoms with E-state index in [1.807, 2.05) is 6.07 Å². The van der Waals surface area contributed by atoms with Crippen molar-refractivity contribution in [1.29, 1.82) is 0 Å². The Morgan fingerprint density at radius 1 is 1.40 bits per heavy atom. The molecule has 0 amide bonds. The van der Waals surface area contributed by atoms with Crippen LogP contribution < -0.4 is 4.74 Å². The number of para-hydroxylation sites is 1. The quantitative estimate of drug-likeness (QED) is 0.761. The Labute approximate surface area is 87.4 Å². The van der Waals surface area contributed by atoms with Crippen LogP contribution in [0.25, 0.3) is 6.08 Å². The second-order valence-electron chi connectivity index (χ2n) is 2.81. The number of benzene rings is 1. The largest absolute Gasteiger partial charge is 0.481 e. The summed E-state index contributed by atoms with van der Waals surface area (Å²) in [7, 11) is 0. The van der Waals surface area contributed by atoms with Gasteiger partial charge in [0, 0.05) is 5.56 Å². The van der Waals surface area contributed by atoms with E-state index in [0.717, 1.165) is 5.56 Å². The zero-order valence-electron chi connectivity index (χ0n) is 8.09. The average Bonchev–Trinajstić information content (AvgIpc) is 2.24. The van der Waals surface area contributed by atoms with Crippen molar-refractivity contribution in [1.82, 2.24) is 0 Å². The molecule has 2 N–H and O–H groups in total. The van der Waals surface area contributed by atoms with E-state index in [9.17, 15) is 4.79 Å². The summed E-state index contributed by atoms with van der Waals surface area (Å²) in [6.07, 6.45) is 3.24. The lowest BCUT2D eigenvalue weighted by atomic mass is 10.2. The number of aliphatic hydroxyl groups excluding tert-OH is 1. The van der Waals surface area contributed by atoms with Crippen LogP contribution in [0.1, 0.15) is 5.56 Å². The molecule has 0 aromatic heterocycles. The summed E-state index contributed by atoms with van der Waals surface area (Å²) in [5, 5.41) is 17.1. The Kier molecular flexibility index (Phi) is 4.37. The lowest BCUT2D eigenvalue weighted by Gasteiger charge is -2.06. The highest BCUT2D eigenvalue weighted by Gasteiger charge is 2.02. The van der Waals surface area contributed by atoms with Crippen molar-refractivity contribution in [2.24, 2.45) is 0 Å². The van der Waals surface area contributed by atoms with E-state index in [2.05, 4.69) is 0 Å². The van der Waals surface area contributed by atoms with E-state index < -0.39 is 5.97 Å². The van der Waals surface area contributed by atoms with Gasteiger partial charge in [0.2, 0.25) is 0 Å². The van der Waals surface area contributed by atoms with Crippen molar-refractivity contribution in [2.75, 3.05) is 13.2 Å². The summed E-state index contributed by atoms with van der Waals surface area (Å²) >= 11 is 0. The highest BCUT2D eigenvalue weighted by Crippen LogP contribution is 2.19. The Hall–Kier alpha value is -1.81. The fourth-order valence-electron chi connectivity index (χ4n) is 1.07. The first kappa shape index (κ1) is 11.3. The van der Waals surface area contributed by atoms with Gasteiger partial charge in [0.15, 0.2) is 6.61 Å². The number of aliphatic hydroxyl groups is 1. The molecule has 0 saturated heterocycles. The molecule has 0 aliphatic rings. The summed E-state index contributed by atoms with van der Waals surface area (Å²) in [5.41, 5.74) is 0.743. The number of hydrogen-bond acceptors (Lipinski definition) is 3. The van der Waals surface area contributed by atoms with Gasteiger partial charge in [0.05, 0.1) is 6.61 Å². The Balaban J connectivity index is 2.76. The third-order valence-electron chi connectivity index (χ3n) is 1.67. The van der Waals surface area contributed by atoms with E-state index in [-0.39, 0.29) is 13.2 Å². The maximum absolute atomic E-state index is 10.3. The van der Waals surface area contributed by atoms with Gasteiger partial charge in [-0.2, -0.15) is 0 Å². The molecular formula is C11H12O4. The normalized spacial score (nSPS) is 10.5. The van der Waals surface area contributed by atoms with Crippen LogP contribution in [0.3, 0.4) is 0 Å². The molecule has 0 atom stereocenters. The number of carboxylic acid groups (broad SMARTS) is 1. The third kappa shape index (κ3) is 3.83. The second kappa shape index (κ2) is 5.82. The van der Waals surface area contributed by atoms with Crippen molar-refractivity contribution in [3.63, 3.8) is 0 Å². The number of carbonyl (C=O) groups is 1. The molecule has 0 heterocycles. The van der Waals surface area contributed by atoms with Crippen molar-refractivity contribution in [3.8, 4) is 5.75 Å². The second-order valence-corrected chi connectivity index (χ2v) is 2.81. The zero-order valence-corrected chi connectivity index (χ0v) is 8.09. The first-order valence-electron chi connectivity index (χ1n) is 4.45. The molecular weight excluding hydrogens is 196 g/mol. The molecule has 15 heavy (non-hydrogen) atoms. The number of hydrogen-bond donors (Lipinski definition) is 2. The van der Waals surface area contributed by atoms with Gasteiger partial charge >= 0.3 is 5.97 Å².